The number of benzene rings is 1. The normalized spacial score (nSPS) is 18.3. The zero-order chi connectivity index (χ0) is 15.2. The Labute approximate surface area is 122 Å². The van der Waals surface area contributed by atoms with Gasteiger partial charge in [0.2, 0.25) is 0 Å². The Bertz CT molecular complexity index is 503. The van der Waals surface area contributed by atoms with Crippen LogP contribution in [0.25, 0.3) is 0 Å². The highest BCUT2D eigenvalue weighted by atomic mass is 16.5. The van der Waals surface area contributed by atoms with Crippen LogP contribution < -0.4 is 5.32 Å². The first-order valence-electron chi connectivity index (χ1n) is 6.67. The summed E-state index contributed by atoms with van der Waals surface area (Å²) in [5, 5.41) is 20.5. The Morgan fingerprint density at radius 3 is 2.67 bits per heavy atom. The summed E-state index contributed by atoms with van der Waals surface area (Å²) < 4.78 is 5.28. The van der Waals surface area contributed by atoms with Gasteiger partial charge in [0.15, 0.2) is 0 Å². The molecule has 3 N–H and O–H groups in total. The quantitative estimate of drug-likeness (QED) is 0.752. The lowest BCUT2D eigenvalue weighted by Gasteiger charge is -2.32. The van der Waals surface area contributed by atoms with Crippen molar-refractivity contribution in [3.63, 3.8) is 0 Å². The molecule has 0 bridgehead atoms. The van der Waals surface area contributed by atoms with E-state index in [1.807, 2.05) is 0 Å². The van der Waals surface area contributed by atoms with Crippen LogP contribution in [0.3, 0.4) is 0 Å². The first kappa shape index (κ1) is 15.3. The number of hydrogen-bond donors (Lipinski definition) is 3. The molecule has 114 valence electrons. The van der Waals surface area contributed by atoms with E-state index in [2.05, 4.69) is 5.32 Å². The molecule has 1 fully saturated rings. The molecule has 1 unspecified atom stereocenters. The monoisotopic (exact) mass is 294 g/mol. The Morgan fingerprint density at radius 1 is 1.33 bits per heavy atom. The largest absolute Gasteiger partial charge is 0.481 e. The number of urea groups is 1. The standard InChI is InChI=1S/C14H18N2O5/c17-9-12-8-16(5-6-21-12)14(20)15-11-3-1-10(2-4-11)7-13(18)19/h1-4,12,17H,5-9H2,(H,15,20)(H,18,19). The maximum atomic E-state index is 12.1. The highest BCUT2D eigenvalue weighted by Crippen LogP contribution is 2.12. The summed E-state index contributed by atoms with van der Waals surface area (Å²) in [7, 11) is 0. The van der Waals surface area contributed by atoms with Crippen molar-refractivity contribution in [3.05, 3.63) is 29.8 Å². The zero-order valence-electron chi connectivity index (χ0n) is 11.5. The van der Waals surface area contributed by atoms with Crippen molar-refractivity contribution < 1.29 is 24.5 Å². The fourth-order valence-corrected chi connectivity index (χ4v) is 2.10. The number of morpholine rings is 1. The molecule has 2 rings (SSSR count). The Hall–Kier alpha value is -2.12. The lowest BCUT2D eigenvalue weighted by molar-refractivity contribution is -0.136. The molecule has 2 amide bonds. The van der Waals surface area contributed by atoms with Gasteiger partial charge in [-0.05, 0) is 17.7 Å². The highest BCUT2D eigenvalue weighted by Gasteiger charge is 2.23. The summed E-state index contributed by atoms with van der Waals surface area (Å²) in [4.78, 5) is 24.2. The van der Waals surface area contributed by atoms with E-state index in [0.717, 1.165) is 0 Å². The Kier molecular flexibility index (Phi) is 5.13. The molecule has 21 heavy (non-hydrogen) atoms. The van der Waals surface area contributed by atoms with Gasteiger partial charge < -0.3 is 25.2 Å². The van der Waals surface area contributed by atoms with Gasteiger partial charge in [0, 0.05) is 12.2 Å². The van der Waals surface area contributed by atoms with Crippen molar-refractivity contribution in [2.24, 2.45) is 0 Å². The molecule has 1 aromatic carbocycles. The lowest BCUT2D eigenvalue weighted by Crippen LogP contribution is -2.48. The fraction of sp³-hybridized carbons (Fsp3) is 0.429. The Morgan fingerprint density at radius 2 is 2.05 bits per heavy atom. The van der Waals surface area contributed by atoms with Gasteiger partial charge in [0.25, 0.3) is 0 Å². The van der Waals surface area contributed by atoms with Crippen molar-refractivity contribution in [2.75, 3.05) is 31.6 Å². The van der Waals surface area contributed by atoms with E-state index in [9.17, 15) is 9.59 Å². The minimum atomic E-state index is -0.893. The number of nitrogens with one attached hydrogen (secondary N) is 1. The van der Waals surface area contributed by atoms with Crippen molar-refractivity contribution in [1.29, 1.82) is 0 Å². The smallest absolute Gasteiger partial charge is 0.322 e. The number of carbonyl (C=O) groups is 2. The average molecular weight is 294 g/mol. The molecule has 0 saturated carbocycles. The van der Waals surface area contributed by atoms with Crippen LogP contribution in [0.4, 0.5) is 10.5 Å². The summed E-state index contributed by atoms with van der Waals surface area (Å²) in [6.07, 6.45) is -0.391. The average Bonchev–Trinajstić information content (AvgIpc) is 2.49. The molecule has 1 saturated heterocycles. The van der Waals surface area contributed by atoms with Crippen LogP contribution >= 0.6 is 0 Å². The van der Waals surface area contributed by atoms with Crippen molar-refractivity contribution in [3.8, 4) is 0 Å². The van der Waals surface area contributed by atoms with E-state index in [4.69, 9.17) is 14.9 Å². The molecule has 0 aromatic heterocycles. The first-order valence-corrected chi connectivity index (χ1v) is 6.67. The molecule has 0 spiro atoms. The third-order valence-electron chi connectivity index (χ3n) is 3.19. The summed E-state index contributed by atoms with van der Waals surface area (Å²) in [6, 6.07) is 6.40. The number of anilines is 1. The number of ether oxygens (including phenoxy) is 1. The SMILES string of the molecule is O=C(O)Cc1ccc(NC(=O)N2CCOC(CO)C2)cc1. The van der Waals surface area contributed by atoms with E-state index < -0.39 is 5.97 Å². The van der Waals surface area contributed by atoms with Crippen LogP contribution in [-0.4, -0.2) is 59.5 Å². The van der Waals surface area contributed by atoms with Gasteiger partial charge >= 0.3 is 12.0 Å². The van der Waals surface area contributed by atoms with Gasteiger partial charge in [0.05, 0.1) is 32.3 Å². The minimum Gasteiger partial charge on any atom is -0.481 e. The third-order valence-corrected chi connectivity index (χ3v) is 3.19. The molecular formula is C14H18N2O5. The van der Waals surface area contributed by atoms with Gasteiger partial charge in [-0.1, -0.05) is 12.1 Å². The fourth-order valence-electron chi connectivity index (χ4n) is 2.10. The number of nitrogens with zero attached hydrogens (tertiary/aromatic N) is 1. The maximum absolute atomic E-state index is 12.1. The molecule has 0 radical (unpaired) electrons. The highest BCUT2D eigenvalue weighted by molar-refractivity contribution is 5.89. The van der Waals surface area contributed by atoms with Crippen molar-refractivity contribution in [1.82, 2.24) is 4.90 Å². The molecule has 7 heteroatoms. The van der Waals surface area contributed by atoms with E-state index in [1.54, 1.807) is 29.2 Å². The van der Waals surface area contributed by atoms with Gasteiger partial charge in [-0.3, -0.25) is 4.79 Å². The number of aliphatic hydroxyl groups is 1. The molecule has 1 heterocycles. The summed E-state index contributed by atoms with van der Waals surface area (Å²) in [5.41, 5.74) is 1.27. The predicted molar refractivity (Wildman–Crippen MR) is 75.2 cm³/mol. The van der Waals surface area contributed by atoms with E-state index >= 15 is 0 Å². The number of rotatable bonds is 4. The molecule has 1 aromatic rings. The second-order valence-corrected chi connectivity index (χ2v) is 4.82. The minimum absolute atomic E-state index is 0.0458. The Balaban J connectivity index is 1.91. The predicted octanol–water partition coefficient (Wildman–Crippen LogP) is 0.539. The van der Waals surface area contributed by atoms with Crippen LogP contribution in [-0.2, 0) is 16.0 Å². The number of hydrogen-bond acceptors (Lipinski definition) is 4. The topological polar surface area (TPSA) is 99.1 Å². The first-order chi connectivity index (χ1) is 10.1. The van der Waals surface area contributed by atoms with Gasteiger partial charge in [-0.2, -0.15) is 0 Å². The van der Waals surface area contributed by atoms with E-state index in [0.29, 0.717) is 30.9 Å². The van der Waals surface area contributed by atoms with Crippen LogP contribution in [0, 0.1) is 0 Å². The van der Waals surface area contributed by atoms with Gasteiger partial charge in [-0.15, -0.1) is 0 Å². The van der Waals surface area contributed by atoms with Crippen molar-refractivity contribution in [2.45, 2.75) is 12.5 Å². The van der Waals surface area contributed by atoms with Crippen molar-refractivity contribution >= 4 is 17.7 Å². The van der Waals surface area contributed by atoms with Crippen LogP contribution in [0.1, 0.15) is 5.56 Å². The van der Waals surface area contributed by atoms with Crippen LogP contribution in [0.5, 0.6) is 0 Å². The summed E-state index contributed by atoms with van der Waals surface area (Å²) >= 11 is 0. The number of aliphatic carboxylic acids is 1. The van der Waals surface area contributed by atoms with Crippen LogP contribution in [0.15, 0.2) is 24.3 Å². The lowest BCUT2D eigenvalue weighted by atomic mass is 10.1. The second kappa shape index (κ2) is 7.05. The number of carbonyl (C=O) groups excluding carboxylic acids is 1. The molecule has 0 aliphatic carbocycles. The number of carboxylic acids is 1. The molecule has 7 nitrogen and oxygen atoms in total. The summed E-state index contributed by atoms with van der Waals surface area (Å²) in [5.74, 6) is -0.893. The van der Waals surface area contributed by atoms with Gasteiger partial charge in [-0.25, -0.2) is 4.79 Å². The molecule has 1 aliphatic heterocycles. The van der Waals surface area contributed by atoms with Gasteiger partial charge in [0.1, 0.15) is 0 Å². The number of carboxylic acid groups (broad SMARTS) is 1. The third kappa shape index (κ3) is 4.44. The van der Waals surface area contributed by atoms with Crippen LogP contribution in [0.2, 0.25) is 0 Å². The molecule has 1 aliphatic rings. The zero-order valence-corrected chi connectivity index (χ0v) is 11.5. The molecular weight excluding hydrogens is 276 g/mol. The molecule has 1 atom stereocenters. The second-order valence-electron chi connectivity index (χ2n) is 4.82. The number of amides is 2. The maximum Gasteiger partial charge on any atom is 0.322 e. The number of aliphatic hydroxyl groups excluding tert-OH is 1. The van der Waals surface area contributed by atoms with E-state index in [-0.39, 0.29) is 25.2 Å². The summed E-state index contributed by atoms with van der Waals surface area (Å²) in [6.45, 7) is 1.10. The van der Waals surface area contributed by atoms with E-state index in [1.165, 1.54) is 0 Å².